The summed E-state index contributed by atoms with van der Waals surface area (Å²) in [5.74, 6) is 1.03. The molecule has 2 aromatic rings. The van der Waals surface area contributed by atoms with Gasteiger partial charge < -0.3 is 4.52 Å². The highest BCUT2D eigenvalue weighted by Crippen LogP contribution is 2.10. The molecule has 0 radical (unpaired) electrons. The molecule has 2 aromatic heterocycles. The molecule has 0 spiro atoms. The Kier molecular flexibility index (Phi) is 3.66. The van der Waals surface area contributed by atoms with Crippen LogP contribution in [0, 0.1) is 25.2 Å². The second-order valence-electron chi connectivity index (χ2n) is 4.86. The third-order valence-electron chi connectivity index (χ3n) is 3.03. The molecule has 0 aliphatic carbocycles. The zero-order valence-corrected chi connectivity index (χ0v) is 11.8. The third-order valence-corrected chi connectivity index (χ3v) is 3.03. The van der Waals surface area contributed by atoms with Crippen molar-refractivity contribution in [3.63, 3.8) is 0 Å². The molecule has 0 aliphatic heterocycles. The average molecular weight is 273 g/mol. The van der Waals surface area contributed by atoms with Crippen LogP contribution in [0.4, 0.5) is 0 Å². The Bertz CT molecular complexity index is 736. The molecular formula is C13H15N5O2. The molecule has 0 atom stereocenters. The van der Waals surface area contributed by atoms with E-state index >= 15 is 0 Å². The summed E-state index contributed by atoms with van der Waals surface area (Å²) in [6.07, 6.45) is 0. The van der Waals surface area contributed by atoms with Gasteiger partial charge in [-0.25, -0.2) is 4.68 Å². The van der Waals surface area contributed by atoms with Crippen LogP contribution in [-0.2, 0) is 6.54 Å². The van der Waals surface area contributed by atoms with Crippen molar-refractivity contribution in [3.05, 3.63) is 38.9 Å². The van der Waals surface area contributed by atoms with E-state index in [4.69, 9.17) is 9.78 Å². The van der Waals surface area contributed by atoms with Gasteiger partial charge >= 0.3 is 0 Å². The summed E-state index contributed by atoms with van der Waals surface area (Å²) in [6, 6.07) is 1.91. The predicted octanol–water partition coefficient (Wildman–Crippen LogP) is 1.29. The van der Waals surface area contributed by atoms with Gasteiger partial charge in [-0.2, -0.15) is 15.3 Å². The van der Waals surface area contributed by atoms with E-state index < -0.39 is 5.56 Å². The van der Waals surface area contributed by atoms with Crippen molar-refractivity contribution in [1.82, 2.24) is 19.9 Å². The van der Waals surface area contributed by atoms with Crippen LogP contribution in [0.3, 0.4) is 0 Å². The van der Waals surface area contributed by atoms with Gasteiger partial charge in [0.25, 0.3) is 5.56 Å². The molecule has 0 saturated heterocycles. The minimum absolute atomic E-state index is 0.0638. The number of rotatable bonds is 3. The molecule has 0 bridgehead atoms. The summed E-state index contributed by atoms with van der Waals surface area (Å²) in [4.78, 5) is 16.3. The maximum atomic E-state index is 12.1. The van der Waals surface area contributed by atoms with Gasteiger partial charge in [0.15, 0.2) is 5.82 Å². The Morgan fingerprint density at radius 1 is 1.40 bits per heavy atom. The van der Waals surface area contributed by atoms with E-state index in [-0.39, 0.29) is 18.0 Å². The van der Waals surface area contributed by atoms with Crippen LogP contribution in [0.25, 0.3) is 0 Å². The molecule has 20 heavy (non-hydrogen) atoms. The minimum atomic E-state index is -0.445. The molecule has 2 heterocycles. The van der Waals surface area contributed by atoms with Crippen molar-refractivity contribution in [2.45, 2.75) is 40.2 Å². The summed E-state index contributed by atoms with van der Waals surface area (Å²) in [5.41, 5.74) is 0.882. The lowest BCUT2D eigenvalue weighted by atomic mass is 10.1. The molecule has 0 N–H and O–H groups in total. The fourth-order valence-corrected chi connectivity index (χ4v) is 1.71. The maximum Gasteiger partial charge on any atom is 0.285 e. The summed E-state index contributed by atoms with van der Waals surface area (Å²) in [6.45, 7) is 7.41. The van der Waals surface area contributed by atoms with E-state index in [1.807, 2.05) is 19.9 Å². The van der Waals surface area contributed by atoms with Crippen molar-refractivity contribution in [2.75, 3.05) is 0 Å². The number of aryl methyl sites for hydroxylation is 1. The first-order chi connectivity index (χ1) is 9.43. The molecule has 104 valence electrons. The summed E-state index contributed by atoms with van der Waals surface area (Å²) in [7, 11) is 0. The van der Waals surface area contributed by atoms with Gasteiger partial charge in [-0.1, -0.05) is 19.0 Å². The standard InChI is InChI=1S/C13H15N5O2/c1-7(2)12-15-11(20-17-12)6-18-13(19)10(5-14)8(3)9(4)16-18/h7H,6H2,1-4H3. The van der Waals surface area contributed by atoms with Gasteiger partial charge in [0, 0.05) is 5.92 Å². The lowest BCUT2D eigenvalue weighted by Gasteiger charge is -2.06. The Labute approximate surface area is 115 Å². The number of nitriles is 1. The maximum absolute atomic E-state index is 12.1. The minimum Gasteiger partial charge on any atom is -0.337 e. The number of aromatic nitrogens is 4. The summed E-state index contributed by atoms with van der Waals surface area (Å²) < 4.78 is 6.26. The van der Waals surface area contributed by atoms with E-state index in [1.54, 1.807) is 13.8 Å². The fraction of sp³-hybridized carbons (Fsp3) is 0.462. The Hall–Kier alpha value is -2.49. The quantitative estimate of drug-likeness (QED) is 0.835. The van der Waals surface area contributed by atoms with E-state index in [9.17, 15) is 4.79 Å². The monoisotopic (exact) mass is 273 g/mol. The molecule has 7 nitrogen and oxygen atoms in total. The fourth-order valence-electron chi connectivity index (χ4n) is 1.71. The molecular weight excluding hydrogens is 258 g/mol. The first kappa shape index (κ1) is 13.9. The Balaban J connectivity index is 2.41. The van der Waals surface area contributed by atoms with Crippen LogP contribution >= 0.6 is 0 Å². The van der Waals surface area contributed by atoms with E-state index in [0.717, 1.165) is 0 Å². The number of hydrogen-bond donors (Lipinski definition) is 0. The van der Waals surface area contributed by atoms with E-state index in [2.05, 4.69) is 15.2 Å². The lowest BCUT2D eigenvalue weighted by molar-refractivity contribution is 0.356. The van der Waals surface area contributed by atoms with Crippen molar-refractivity contribution < 1.29 is 4.52 Å². The normalized spacial score (nSPS) is 10.8. The zero-order valence-electron chi connectivity index (χ0n) is 11.8. The molecule has 0 aliphatic rings. The largest absolute Gasteiger partial charge is 0.337 e. The summed E-state index contributed by atoms with van der Waals surface area (Å²) >= 11 is 0. The molecule has 0 amide bonds. The SMILES string of the molecule is Cc1nn(Cc2nc(C(C)C)no2)c(=O)c(C#N)c1C. The molecule has 7 heteroatoms. The number of hydrogen-bond acceptors (Lipinski definition) is 6. The molecule has 2 rings (SSSR count). The molecule has 0 fully saturated rings. The predicted molar refractivity (Wildman–Crippen MR) is 70.2 cm³/mol. The molecule has 0 saturated carbocycles. The topological polar surface area (TPSA) is 97.6 Å². The smallest absolute Gasteiger partial charge is 0.285 e. The van der Waals surface area contributed by atoms with Crippen LogP contribution in [0.5, 0.6) is 0 Å². The van der Waals surface area contributed by atoms with Gasteiger partial charge in [0.2, 0.25) is 5.89 Å². The summed E-state index contributed by atoms with van der Waals surface area (Å²) in [5, 5.41) is 17.0. The van der Waals surface area contributed by atoms with Gasteiger partial charge in [0.05, 0.1) is 5.69 Å². The van der Waals surface area contributed by atoms with Crippen LogP contribution < -0.4 is 5.56 Å². The Morgan fingerprint density at radius 2 is 2.10 bits per heavy atom. The van der Waals surface area contributed by atoms with Gasteiger partial charge in [-0.3, -0.25) is 4.79 Å². The Morgan fingerprint density at radius 3 is 2.65 bits per heavy atom. The van der Waals surface area contributed by atoms with Gasteiger partial charge in [-0.15, -0.1) is 0 Å². The third kappa shape index (κ3) is 2.45. The van der Waals surface area contributed by atoms with Gasteiger partial charge in [-0.05, 0) is 19.4 Å². The van der Waals surface area contributed by atoms with Crippen molar-refractivity contribution in [2.24, 2.45) is 0 Å². The van der Waals surface area contributed by atoms with Crippen LogP contribution in [0.1, 0.15) is 48.3 Å². The molecule has 0 unspecified atom stereocenters. The second-order valence-corrected chi connectivity index (χ2v) is 4.86. The van der Waals surface area contributed by atoms with Crippen LogP contribution in [0.2, 0.25) is 0 Å². The highest BCUT2D eigenvalue weighted by molar-refractivity contribution is 5.36. The van der Waals surface area contributed by atoms with Crippen molar-refractivity contribution in [3.8, 4) is 6.07 Å². The van der Waals surface area contributed by atoms with Gasteiger partial charge in [0.1, 0.15) is 18.2 Å². The average Bonchev–Trinajstić information content (AvgIpc) is 2.85. The van der Waals surface area contributed by atoms with Crippen LogP contribution in [-0.4, -0.2) is 19.9 Å². The second kappa shape index (κ2) is 5.25. The highest BCUT2D eigenvalue weighted by atomic mass is 16.5. The van der Waals surface area contributed by atoms with E-state index in [1.165, 1.54) is 4.68 Å². The van der Waals surface area contributed by atoms with Crippen molar-refractivity contribution >= 4 is 0 Å². The first-order valence-electron chi connectivity index (χ1n) is 6.25. The number of nitrogens with zero attached hydrogens (tertiary/aromatic N) is 5. The molecule has 0 aromatic carbocycles. The van der Waals surface area contributed by atoms with Crippen LogP contribution in [0.15, 0.2) is 9.32 Å². The highest BCUT2D eigenvalue weighted by Gasteiger charge is 2.15. The zero-order chi connectivity index (χ0) is 14.9. The van der Waals surface area contributed by atoms with Crippen molar-refractivity contribution in [1.29, 1.82) is 5.26 Å². The van der Waals surface area contributed by atoms with E-state index in [0.29, 0.717) is 23.0 Å². The lowest BCUT2D eigenvalue weighted by Crippen LogP contribution is -2.28. The first-order valence-corrected chi connectivity index (χ1v) is 6.25.